The van der Waals surface area contributed by atoms with Crippen LogP contribution in [0.25, 0.3) is 0 Å². The van der Waals surface area contributed by atoms with E-state index < -0.39 is 12.1 Å². The van der Waals surface area contributed by atoms with Crippen molar-refractivity contribution in [3.05, 3.63) is 23.3 Å². The molecule has 2 N–H and O–H groups in total. The summed E-state index contributed by atoms with van der Waals surface area (Å²) in [7, 11) is 0. The largest absolute Gasteiger partial charge is 0.478 e. The van der Waals surface area contributed by atoms with E-state index in [0.29, 0.717) is 12.3 Å². The van der Waals surface area contributed by atoms with E-state index >= 15 is 0 Å². The minimum absolute atomic E-state index is 0.311. The highest BCUT2D eigenvalue weighted by Gasteiger charge is 2.26. The number of nitrogens with one attached hydrogen (secondary N) is 1. The molecule has 1 unspecified atom stereocenters. The molecule has 0 aliphatic carbocycles. The molecule has 0 saturated heterocycles. The normalized spacial score (nSPS) is 18.7. The van der Waals surface area contributed by atoms with Gasteiger partial charge >= 0.3 is 5.97 Å². The Morgan fingerprint density at radius 2 is 2.27 bits per heavy atom. The zero-order valence-electron chi connectivity index (χ0n) is 8.70. The molecular weight excluding hydrogens is 194 g/mol. The number of hydrogen-bond donors (Lipinski definition) is 2. The number of hydrogen-bond acceptors (Lipinski definition) is 3. The molecule has 0 radical (unpaired) electrons. The zero-order valence-corrected chi connectivity index (χ0v) is 8.70. The summed E-state index contributed by atoms with van der Waals surface area (Å²) in [5.74, 6) is -0.285. The minimum atomic E-state index is -0.937. The molecule has 1 heterocycles. The van der Waals surface area contributed by atoms with Gasteiger partial charge in [0, 0.05) is 0 Å². The van der Waals surface area contributed by atoms with Crippen LogP contribution in [0.1, 0.15) is 11.1 Å². The molecule has 1 aliphatic heterocycles. The summed E-state index contributed by atoms with van der Waals surface area (Å²) < 4.78 is 5.42. The van der Waals surface area contributed by atoms with E-state index in [4.69, 9.17) is 9.84 Å². The van der Waals surface area contributed by atoms with Crippen molar-refractivity contribution in [3.8, 4) is 5.75 Å². The van der Waals surface area contributed by atoms with Crippen molar-refractivity contribution >= 4 is 11.7 Å². The molecule has 4 heteroatoms. The molecule has 80 valence electrons. The number of aryl methyl sites for hydroxylation is 2. The molecule has 1 aromatic carbocycles. The molecule has 2 rings (SSSR count). The Hall–Kier alpha value is -1.71. The van der Waals surface area contributed by atoms with Crippen LogP contribution in [-0.2, 0) is 4.79 Å². The van der Waals surface area contributed by atoms with Crippen LogP contribution in [0.5, 0.6) is 5.75 Å². The summed E-state index contributed by atoms with van der Waals surface area (Å²) in [5, 5.41) is 11.9. The molecule has 0 saturated carbocycles. The van der Waals surface area contributed by atoms with Gasteiger partial charge in [0.15, 0.2) is 0 Å². The Labute approximate surface area is 87.9 Å². The summed E-state index contributed by atoms with van der Waals surface area (Å²) in [6.45, 7) is 4.22. The van der Waals surface area contributed by atoms with Crippen molar-refractivity contribution in [2.45, 2.75) is 20.0 Å². The Bertz CT molecular complexity index is 415. The summed E-state index contributed by atoms with van der Waals surface area (Å²) >= 11 is 0. The molecule has 0 amide bonds. The molecule has 15 heavy (non-hydrogen) atoms. The topological polar surface area (TPSA) is 58.6 Å². The van der Waals surface area contributed by atoms with Crippen LogP contribution in [-0.4, -0.2) is 23.7 Å². The Kier molecular flexibility index (Phi) is 2.26. The molecule has 4 nitrogen and oxygen atoms in total. The average Bonchev–Trinajstić information content (AvgIpc) is 2.16. The predicted molar refractivity (Wildman–Crippen MR) is 56.5 cm³/mol. The quantitative estimate of drug-likeness (QED) is 0.733. The lowest BCUT2D eigenvalue weighted by molar-refractivity contribution is -0.144. The first-order valence-electron chi connectivity index (χ1n) is 4.82. The highest BCUT2D eigenvalue weighted by atomic mass is 16.5. The van der Waals surface area contributed by atoms with Gasteiger partial charge in [-0.05, 0) is 31.0 Å². The Morgan fingerprint density at radius 3 is 2.93 bits per heavy atom. The Balaban J connectivity index is 2.37. The Morgan fingerprint density at radius 1 is 1.53 bits per heavy atom. The van der Waals surface area contributed by atoms with Crippen LogP contribution < -0.4 is 10.1 Å². The second-order valence-electron chi connectivity index (χ2n) is 3.78. The lowest BCUT2D eigenvalue weighted by atomic mass is 10.1. The van der Waals surface area contributed by atoms with E-state index in [0.717, 1.165) is 16.8 Å². The number of rotatable bonds is 1. The number of ether oxygens (including phenoxy) is 1. The van der Waals surface area contributed by atoms with E-state index in [2.05, 4.69) is 5.32 Å². The van der Waals surface area contributed by atoms with Gasteiger partial charge in [0.25, 0.3) is 0 Å². The maximum absolute atomic E-state index is 10.8. The first-order chi connectivity index (χ1) is 7.08. The summed E-state index contributed by atoms with van der Waals surface area (Å²) in [6.07, 6.45) is -0.793. The standard InChI is InChI=1S/C11H13NO3/c1-6-3-7(2)10-8(4-6)12-5-9(15-10)11(13)14/h3-4,9,12H,5H2,1-2H3,(H,13,14). The predicted octanol–water partition coefficient (Wildman–Crippen LogP) is 1.56. The maximum atomic E-state index is 10.8. The number of benzene rings is 1. The van der Waals surface area contributed by atoms with Crippen LogP contribution in [0.2, 0.25) is 0 Å². The van der Waals surface area contributed by atoms with Crippen molar-refractivity contribution < 1.29 is 14.6 Å². The minimum Gasteiger partial charge on any atom is -0.478 e. The fourth-order valence-electron chi connectivity index (χ4n) is 1.77. The van der Waals surface area contributed by atoms with Crippen molar-refractivity contribution in [2.75, 3.05) is 11.9 Å². The lowest BCUT2D eigenvalue weighted by Gasteiger charge is -2.26. The molecule has 0 aromatic heterocycles. The number of carboxylic acids is 1. The van der Waals surface area contributed by atoms with Gasteiger partial charge < -0.3 is 15.2 Å². The van der Waals surface area contributed by atoms with Gasteiger partial charge in [-0.3, -0.25) is 0 Å². The van der Waals surface area contributed by atoms with Gasteiger partial charge in [0.05, 0.1) is 12.2 Å². The van der Waals surface area contributed by atoms with E-state index in [-0.39, 0.29) is 0 Å². The van der Waals surface area contributed by atoms with Gasteiger partial charge in [0.1, 0.15) is 5.75 Å². The van der Waals surface area contributed by atoms with Gasteiger partial charge in [-0.25, -0.2) is 4.79 Å². The van der Waals surface area contributed by atoms with E-state index in [1.54, 1.807) is 0 Å². The van der Waals surface area contributed by atoms with E-state index in [9.17, 15) is 4.79 Å². The van der Waals surface area contributed by atoms with Gasteiger partial charge in [-0.1, -0.05) is 6.07 Å². The SMILES string of the molecule is Cc1cc(C)c2c(c1)NCC(C(=O)O)O2. The first kappa shape index (κ1) is 9.83. The molecule has 1 aromatic rings. The first-order valence-corrected chi connectivity index (χ1v) is 4.82. The lowest BCUT2D eigenvalue weighted by Crippen LogP contribution is -2.37. The highest BCUT2D eigenvalue weighted by molar-refractivity contribution is 5.76. The molecule has 0 bridgehead atoms. The molecule has 0 spiro atoms. The van der Waals surface area contributed by atoms with E-state index in [1.807, 2.05) is 26.0 Å². The monoisotopic (exact) mass is 207 g/mol. The van der Waals surface area contributed by atoms with Crippen molar-refractivity contribution in [1.29, 1.82) is 0 Å². The van der Waals surface area contributed by atoms with Gasteiger partial charge in [0.2, 0.25) is 6.10 Å². The van der Waals surface area contributed by atoms with Crippen LogP contribution in [0.15, 0.2) is 12.1 Å². The molecular formula is C11H13NO3. The maximum Gasteiger partial charge on any atom is 0.346 e. The van der Waals surface area contributed by atoms with Crippen LogP contribution >= 0.6 is 0 Å². The molecule has 1 aliphatic rings. The van der Waals surface area contributed by atoms with Crippen LogP contribution in [0, 0.1) is 13.8 Å². The van der Waals surface area contributed by atoms with Gasteiger partial charge in [-0.2, -0.15) is 0 Å². The second-order valence-corrected chi connectivity index (χ2v) is 3.78. The third kappa shape index (κ3) is 1.75. The van der Waals surface area contributed by atoms with Crippen molar-refractivity contribution in [2.24, 2.45) is 0 Å². The number of anilines is 1. The number of aliphatic carboxylic acids is 1. The van der Waals surface area contributed by atoms with Crippen molar-refractivity contribution in [1.82, 2.24) is 0 Å². The summed E-state index contributed by atoms with van der Waals surface area (Å²) in [5.41, 5.74) is 2.98. The van der Waals surface area contributed by atoms with Crippen molar-refractivity contribution in [3.63, 3.8) is 0 Å². The third-order valence-electron chi connectivity index (χ3n) is 2.43. The fourth-order valence-corrected chi connectivity index (χ4v) is 1.77. The van der Waals surface area contributed by atoms with Gasteiger partial charge in [-0.15, -0.1) is 0 Å². The van der Waals surface area contributed by atoms with E-state index in [1.165, 1.54) is 0 Å². The smallest absolute Gasteiger partial charge is 0.346 e. The fraction of sp³-hybridized carbons (Fsp3) is 0.364. The average molecular weight is 207 g/mol. The molecule has 1 atom stereocenters. The highest BCUT2D eigenvalue weighted by Crippen LogP contribution is 2.33. The second kappa shape index (κ2) is 3.46. The summed E-state index contributed by atoms with van der Waals surface area (Å²) in [6, 6.07) is 3.94. The van der Waals surface area contributed by atoms with Crippen LogP contribution in [0.4, 0.5) is 5.69 Å². The summed E-state index contributed by atoms with van der Waals surface area (Å²) in [4.78, 5) is 10.8. The third-order valence-corrected chi connectivity index (χ3v) is 2.43. The zero-order chi connectivity index (χ0) is 11.0. The molecule has 0 fully saturated rings. The van der Waals surface area contributed by atoms with Crippen LogP contribution in [0.3, 0.4) is 0 Å². The number of fused-ring (bicyclic) bond motifs is 1. The number of carbonyl (C=O) groups is 1. The number of carboxylic acid groups (broad SMARTS) is 1.